The van der Waals surface area contributed by atoms with Crippen LogP contribution in [0.1, 0.15) is 6.42 Å². The maximum atomic E-state index is 11.6. The zero-order valence-corrected chi connectivity index (χ0v) is 9.35. The molecule has 16 heavy (non-hydrogen) atoms. The van der Waals surface area contributed by atoms with E-state index in [1.165, 1.54) is 16.7 Å². The van der Waals surface area contributed by atoms with E-state index in [4.69, 9.17) is 10.8 Å². The van der Waals surface area contributed by atoms with Crippen molar-refractivity contribution in [3.63, 3.8) is 0 Å². The predicted octanol–water partition coefficient (Wildman–Crippen LogP) is -1.53. The number of nitrogens with one attached hydrogen (secondary N) is 1. The van der Waals surface area contributed by atoms with Crippen LogP contribution in [-0.4, -0.2) is 57.1 Å². The first-order valence-corrected chi connectivity index (χ1v) is 5.88. The van der Waals surface area contributed by atoms with Crippen molar-refractivity contribution in [3.8, 4) is 0 Å². The molecule has 2 aliphatic heterocycles. The summed E-state index contributed by atoms with van der Waals surface area (Å²) in [5.74, 6) is 0.114. The molecule has 0 radical (unpaired) electrons. The molecule has 2 rings (SSSR count). The van der Waals surface area contributed by atoms with Crippen LogP contribution in [0.5, 0.6) is 0 Å². The number of thioether (sulfide) groups is 1. The fourth-order valence-corrected chi connectivity index (χ4v) is 3.13. The lowest BCUT2D eigenvalue weighted by atomic mass is 10.2. The molecule has 0 unspecified atom stereocenters. The molecule has 0 aliphatic carbocycles. The van der Waals surface area contributed by atoms with Crippen LogP contribution in [0.2, 0.25) is 0 Å². The molecule has 0 saturated carbocycles. The van der Waals surface area contributed by atoms with Crippen LogP contribution in [0.3, 0.4) is 0 Å². The lowest BCUT2D eigenvalue weighted by molar-refractivity contribution is 0.127. The number of guanidine groups is 1. The lowest BCUT2D eigenvalue weighted by Crippen LogP contribution is -2.53. The monoisotopic (exact) mass is 246 g/mol. The molecule has 3 atom stereocenters. The predicted molar refractivity (Wildman–Crippen MR) is 59.7 cm³/mol. The molecule has 0 aromatic rings. The minimum Gasteiger partial charge on any atom is -0.395 e. The molecule has 1 saturated heterocycles. The zero-order valence-electron chi connectivity index (χ0n) is 8.54. The Balaban J connectivity index is 2.02. The third kappa shape index (κ3) is 2.08. The fourth-order valence-electron chi connectivity index (χ4n) is 1.73. The first kappa shape index (κ1) is 11.5. The van der Waals surface area contributed by atoms with Crippen molar-refractivity contribution < 1.29 is 15.0 Å². The van der Waals surface area contributed by atoms with Gasteiger partial charge in [0.25, 0.3) is 0 Å². The van der Waals surface area contributed by atoms with Crippen molar-refractivity contribution in [3.05, 3.63) is 0 Å². The van der Waals surface area contributed by atoms with Gasteiger partial charge in [0.2, 0.25) is 0 Å². The van der Waals surface area contributed by atoms with Crippen molar-refractivity contribution in [2.24, 2.45) is 10.7 Å². The maximum absolute atomic E-state index is 11.6. The largest absolute Gasteiger partial charge is 0.395 e. The summed E-state index contributed by atoms with van der Waals surface area (Å²) in [5.41, 5.74) is 5.36. The molecule has 0 aromatic carbocycles. The van der Waals surface area contributed by atoms with Crippen molar-refractivity contribution in [2.75, 3.05) is 13.3 Å². The second-order valence-corrected chi connectivity index (χ2v) is 5.12. The SMILES string of the molecule is NC1=NCN([C@H]2C[C@H](O)[C@H](CO)S2)C(=O)N1. The number of amides is 2. The Bertz CT molecular complexity index is 324. The van der Waals surface area contributed by atoms with Gasteiger partial charge in [0.1, 0.15) is 6.67 Å². The summed E-state index contributed by atoms with van der Waals surface area (Å²) in [5, 5.41) is 20.7. The summed E-state index contributed by atoms with van der Waals surface area (Å²) >= 11 is 1.39. The summed E-state index contributed by atoms with van der Waals surface area (Å²) in [7, 11) is 0. The number of nitrogens with zero attached hydrogens (tertiary/aromatic N) is 2. The van der Waals surface area contributed by atoms with Crippen molar-refractivity contribution in [1.29, 1.82) is 0 Å². The van der Waals surface area contributed by atoms with Gasteiger partial charge in [-0.3, -0.25) is 10.2 Å². The second kappa shape index (κ2) is 4.48. The summed E-state index contributed by atoms with van der Waals surface area (Å²) in [6.07, 6.45) is -0.144. The van der Waals surface area contributed by atoms with Crippen molar-refractivity contribution in [2.45, 2.75) is 23.1 Å². The topological polar surface area (TPSA) is 111 Å². The number of hydrogen-bond acceptors (Lipinski definition) is 6. The van der Waals surface area contributed by atoms with E-state index in [9.17, 15) is 9.90 Å². The molecular formula is C8H14N4O3S. The van der Waals surface area contributed by atoms with Crippen molar-refractivity contribution in [1.82, 2.24) is 10.2 Å². The van der Waals surface area contributed by atoms with Gasteiger partial charge in [-0.15, -0.1) is 11.8 Å². The highest BCUT2D eigenvalue weighted by molar-refractivity contribution is 8.00. The third-order valence-corrected chi connectivity index (χ3v) is 4.19. The Morgan fingerprint density at radius 2 is 2.44 bits per heavy atom. The van der Waals surface area contributed by atoms with Gasteiger partial charge in [-0.2, -0.15) is 0 Å². The molecule has 90 valence electrons. The van der Waals surface area contributed by atoms with Gasteiger partial charge in [-0.05, 0) is 0 Å². The van der Waals surface area contributed by atoms with E-state index < -0.39 is 6.10 Å². The van der Waals surface area contributed by atoms with Gasteiger partial charge in [0.05, 0.1) is 23.3 Å². The lowest BCUT2D eigenvalue weighted by Gasteiger charge is -2.29. The van der Waals surface area contributed by atoms with E-state index >= 15 is 0 Å². The van der Waals surface area contributed by atoms with Crippen LogP contribution in [0.25, 0.3) is 0 Å². The van der Waals surface area contributed by atoms with Crippen LogP contribution in [-0.2, 0) is 0 Å². The number of aliphatic hydroxyl groups is 2. The minimum absolute atomic E-state index is 0.0940. The van der Waals surface area contributed by atoms with Gasteiger partial charge in [-0.1, -0.05) is 0 Å². The Morgan fingerprint density at radius 1 is 1.69 bits per heavy atom. The molecule has 0 bridgehead atoms. The number of aliphatic imine (C=N–C) groups is 1. The van der Waals surface area contributed by atoms with Crippen LogP contribution in [0.15, 0.2) is 4.99 Å². The average Bonchev–Trinajstić information content (AvgIpc) is 2.59. The summed E-state index contributed by atoms with van der Waals surface area (Å²) in [6, 6.07) is -0.309. The molecule has 2 amide bonds. The maximum Gasteiger partial charge on any atom is 0.326 e. The zero-order chi connectivity index (χ0) is 11.7. The van der Waals surface area contributed by atoms with Crippen LogP contribution >= 0.6 is 11.8 Å². The van der Waals surface area contributed by atoms with Gasteiger partial charge >= 0.3 is 6.03 Å². The normalized spacial score (nSPS) is 34.9. The quantitative estimate of drug-likeness (QED) is 0.472. The highest BCUT2D eigenvalue weighted by Crippen LogP contribution is 2.36. The molecule has 8 heteroatoms. The van der Waals surface area contributed by atoms with E-state index in [2.05, 4.69) is 10.3 Å². The average molecular weight is 246 g/mol. The Labute approximate surface area is 96.7 Å². The Hall–Kier alpha value is -0.990. The van der Waals surface area contributed by atoms with Crippen molar-refractivity contribution >= 4 is 23.8 Å². The van der Waals surface area contributed by atoms with Gasteiger partial charge < -0.3 is 15.9 Å². The third-order valence-electron chi connectivity index (χ3n) is 2.62. The molecule has 0 aromatic heterocycles. The van der Waals surface area contributed by atoms with Crippen LogP contribution < -0.4 is 11.1 Å². The number of aliphatic hydroxyl groups excluding tert-OH is 2. The first-order valence-electron chi connectivity index (χ1n) is 4.93. The number of hydrogen-bond donors (Lipinski definition) is 4. The number of rotatable bonds is 2. The van der Waals surface area contributed by atoms with Gasteiger partial charge in [-0.25, -0.2) is 9.79 Å². The highest BCUT2D eigenvalue weighted by atomic mass is 32.2. The molecule has 1 fully saturated rings. The van der Waals surface area contributed by atoms with E-state index in [1.54, 1.807) is 0 Å². The Kier molecular flexibility index (Phi) is 3.22. The molecule has 0 spiro atoms. The molecule has 2 heterocycles. The second-order valence-electron chi connectivity index (χ2n) is 3.70. The van der Waals surface area contributed by atoms with E-state index in [-0.39, 0.29) is 35.9 Å². The Morgan fingerprint density at radius 3 is 3.00 bits per heavy atom. The number of nitrogens with two attached hydrogens (primary N) is 1. The number of carbonyl (C=O) groups is 1. The molecule has 5 N–H and O–H groups in total. The van der Waals surface area contributed by atoms with Crippen LogP contribution in [0.4, 0.5) is 4.79 Å². The molecule has 2 aliphatic rings. The highest BCUT2D eigenvalue weighted by Gasteiger charge is 2.39. The number of urea groups is 1. The van der Waals surface area contributed by atoms with Crippen LogP contribution in [0, 0.1) is 0 Å². The van der Waals surface area contributed by atoms with Gasteiger partial charge in [0, 0.05) is 6.42 Å². The number of carbonyl (C=O) groups excluding carboxylic acids is 1. The summed E-state index contributed by atoms with van der Waals surface area (Å²) in [6.45, 7) is 0.101. The summed E-state index contributed by atoms with van der Waals surface area (Å²) < 4.78 is 0. The smallest absolute Gasteiger partial charge is 0.326 e. The van der Waals surface area contributed by atoms with E-state index in [0.717, 1.165) is 0 Å². The fraction of sp³-hybridized carbons (Fsp3) is 0.750. The summed E-state index contributed by atoms with van der Waals surface area (Å²) in [4.78, 5) is 17.0. The van der Waals surface area contributed by atoms with Gasteiger partial charge in [0.15, 0.2) is 5.96 Å². The van der Waals surface area contributed by atoms with E-state index in [1.807, 2.05) is 0 Å². The molecular weight excluding hydrogens is 232 g/mol. The standard InChI is InChI=1S/C8H14N4O3S/c9-7-10-3-12(8(15)11-7)6-1-4(14)5(2-13)16-6/h4-6,13-14H,1-3H2,(H3,9,10,11,15)/t4-,5-,6+/m0/s1. The first-order chi connectivity index (χ1) is 7.61. The molecule has 7 nitrogen and oxygen atoms in total. The van der Waals surface area contributed by atoms with E-state index in [0.29, 0.717) is 6.42 Å². The minimum atomic E-state index is -0.587.